The van der Waals surface area contributed by atoms with E-state index in [1.54, 1.807) is 0 Å². The van der Waals surface area contributed by atoms with E-state index < -0.39 is 0 Å². The highest BCUT2D eigenvalue weighted by atomic mass is 16.3. The van der Waals surface area contributed by atoms with Crippen molar-refractivity contribution >= 4 is 11.9 Å². The van der Waals surface area contributed by atoms with Crippen LogP contribution in [0.15, 0.2) is 40.8 Å². The number of hydrogen-bond donors (Lipinski definition) is 3. The highest BCUT2D eigenvalue weighted by molar-refractivity contribution is 5.84. The SMILES string of the molecule is Cc1cc([C@H](C)NC(=O)NCC(=O)NCCc2ccccc2)c(C)o1. The molecule has 134 valence electrons. The van der Waals surface area contributed by atoms with Crippen LogP contribution in [-0.2, 0) is 11.2 Å². The quantitative estimate of drug-likeness (QED) is 0.722. The number of rotatable bonds is 7. The maximum Gasteiger partial charge on any atom is 0.315 e. The Kier molecular flexibility index (Phi) is 6.62. The molecule has 0 bridgehead atoms. The fourth-order valence-electron chi connectivity index (χ4n) is 2.62. The fourth-order valence-corrected chi connectivity index (χ4v) is 2.62. The van der Waals surface area contributed by atoms with E-state index in [0.717, 1.165) is 29.1 Å². The molecule has 25 heavy (non-hydrogen) atoms. The van der Waals surface area contributed by atoms with Crippen LogP contribution >= 0.6 is 0 Å². The number of carbonyl (C=O) groups excluding carboxylic acids is 2. The molecule has 6 nitrogen and oxygen atoms in total. The Morgan fingerprint density at radius 3 is 2.48 bits per heavy atom. The van der Waals surface area contributed by atoms with Crippen molar-refractivity contribution in [1.82, 2.24) is 16.0 Å². The van der Waals surface area contributed by atoms with E-state index >= 15 is 0 Å². The Bertz CT molecular complexity index is 710. The average molecular weight is 343 g/mol. The maximum atomic E-state index is 11.9. The number of urea groups is 1. The molecule has 6 heteroatoms. The van der Waals surface area contributed by atoms with E-state index in [4.69, 9.17) is 4.42 Å². The number of carbonyl (C=O) groups is 2. The van der Waals surface area contributed by atoms with E-state index in [1.165, 1.54) is 0 Å². The molecule has 1 atom stereocenters. The Hall–Kier alpha value is -2.76. The first kappa shape index (κ1) is 18.6. The van der Waals surface area contributed by atoms with E-state index in [-0.39, 0.29) is 24.5 Å². The number of amides is 3. The van der Waals surface area contributed by atoms with Crippen LogP contribution in [0.4, 0.5) is 4.79 Å². The predicted molar refractivity (Wildman–Crippen MR) is 96.3 cm³/mol. The van der Waals surface area contributed by atoms with Gasteiger partial charge in [-0.15, -0.1) is 0 Å². The van der Waals surface area contributed by atoms with E-state index in [1.807, 2.05) is 57.2 Å². The first-order valence-electron chi connectivity index (χ1n) is 8.37. The molecule has 0 radical (unpaired) electrons. The van der Waals surface area contributed by atoms with Crippen LogP contribution < -0.4 is 16.0 Å². The molecule has 2 aromatic rings. The van der Waals surface area contributed by atoms with Crippen molar-refractivity contribution in [2.45, 2.75) is 33.2 Å². The minimum Gasteiger partial charge on any atom is -0.466 e. The molecule has 0 aliphatic carbocycles. The lowest BCUT2D eigenvalue weighted by Gasteiger charge is -2.14. The minimum atomic E-state index is -0.385. The van der Waals surface area contributed by atoms with Crippen LogP contribution in [0.1, 0.15) is 35.6 Å². The van der Waals surface area contributed by atoms with Crippen molar-refractivity contribution in [3.05, 3.63) is 59.0 Å². The van der Waals surface area contributed by atoms with E-state index in [0.29, 0.717) is 6.54 Å². The van der Waals surface area contributed by atoms with Gasteiger partial charge in [0.25, 0.3) is 0 Å². The van der Waals surface area contributed by atoms with Crippen LogP contribution in [0.3, 0.4) is 0 Å². The average Bonchev–Trinajstić information content (AvgIpc) is 2.92. The van der Waals surface area contributed by atoms with Gasteiger partial charge >= 0.3 is 6.03 Å². The molecule has 3 N–H and O–H groups in total. The first-order chi connectivity index (χ1) is 12.0. The summed E-state index contributed by atoms with van der Waals surface area (Å²) in [6.07, 6.45) is 0.759. The molecule has 1 aromatic heterocycles. The Balaban J connectivity index is 1.67. The number of aryl methyl sites for hydroxylation is 2. The van der Waals surface area contributed by atoms with Crippen molar-refractivity contribution in [2.24, 2.45) is 0 Å². The Morgan fingerprint density at radius 1 is 1.12 bits per heavy atom. The number of furan rings is 1. The molecule has 0 saturated heterocycles. The summed E-state index contributed by atoms with van der Waals surface area (Å²) >= 11 is 0. The monoisotopic (exact) mass is 343 g/mol. The molecule has 0 spiro atoms. The predicted octanol–water partition coefficient (Wildman–Crippen LogP) is 2.62. The summed E-state index contributed by atoms with van der Waals surface area (Å²) in [7, 11) is 0. The van der Waals surface area contributed by atoms with Gasteiger partial charge in [0.2, 0.25) is 5.91 Å². The van der Waals surface area contributed by atoms with Gasteiger partial charge in [-0.3, -0.25) is 4.79 Å². The van der Waals surface area contributed by atoms with Crippen molar-refractivity contribution in [3.63, 3.8) is 0 Å². The van der Waals surface area contributed by atoms with Crippen LogP contribution in [0.25, 0.3) is 0 Å². The minimum absolute atomic E-state index is 0.0588. The highest BCUT2D eigenvalue weighted by Gasteiger charge is 2.15. The molecule has 3 amide bonds. The van der Waals surface area contributed by atoms with Gasteiger partial charge in [-0.1, -0.05) is 30.3 Å². The zero-order valence-electron chi connectivity index (χ0n) is 14.9. The van der Waals surface area contributed by atoms with Crippen LogP contribution in [0.2, 0.25) is 0 Å². The summed E-state index contributed by atoms with van der Waals surface area (Å²) in [6, 6.07) is 11.2. The molecular formula is C19H25N3O3. The first-order valence-corrected chi connectivity index (χ1v) is 8.37. The third-order valence-corrected chi connectivity index (χ3v) is 3.88. The Morgan fingerprint density at radius 2 is 1.84 bits per heavy atom. The summed E-state index contributed by atoms with van der Waals surface area (Å²) in [6.45, 7) is 6.07. The van der Waals surface area contributed by atoms with Crippen molar-refractivity contribution in [2.75, 3.05) is 13.1 Å². The molecule has 1 heterocycles. The van der Waals surface area contributed by atoms with Gasteiger partial charge in [0.05, 0.1) is 12.6 Å². The van der Waals surface area contributed by atoms with Gasteiger partial charge in [-0.2, -0.15) is 0 Å². The lowest BCUT2D eigenvalue weighted by molar-refractivity contribution is -0.120. The van der Waals surface area contributed by atoms with Crippen molar-refractivity contribution in [1.29, 1.82) is 0 Å². The topological polar surface area (TPSA) is 83.4 Å². The summed E-state index contributed by atoms with van der Waals surface area (Å²) in [5, 5.41) is 8.15. The largest absolute Gasteiger partial charge is 0.466 e. The molecule has 2 rings (SSSR count). The molecule has 0 unspecified atom stereocenters. The number of hydrogen-bond acceptors (Lipinski definition) is 3. The van der Waals surface area contributed by atoms with Crippen molar-refractivity contribution < 1.29 is 14.0 Å². The highest BCUT2D eigenvalue weighted by Crippen LogP contribution is 2.20. The van der Waals surface area contributed by atoms with Gasteiger partial charge < -0.3 is 20.4 Å². The van der Waals surface area contributed by atoms with E-state index in [9.17, 15) is 9.59 Å². The number of benzene rings is 1. The second-order valence-corrected chi connectivity index (χ2v) is 6.00. The van der Waals surface area contributed by atoms with Crippen molar-refractivity contribution in [3.8, 4) is 0 Å². The second kappa shape index (κ2) is 8.92. The lowest BCUT2D eigenvalue weighted by atomic mass is 10.1. The third-order valence-electron chi connectivity index (χ3n) is 3.88. The zero-order chi connectivity index (χ0) is 18.2. The molecule has 0 aliphatic rings. The van der Waals surface area contributed by atoms with Gasteiger partial charge in [0.1, 0.15) is 11.5 Å². The fraction of sp³-hybridized carbons (Fsp3) is 0.368. The van der Waals surface area contributed by atoms with Crippen LogP contribution in [0, 0.1) is 13.8 Å². The van der Waals surface area contributed by atoms with Crippen LogP contribution in [0.5, 0.6) is 0 Å². The van der Waals surface area contributed by atoms with Gasteiger partial charge in [-0.05, 0) is 38.8 Å². The smallest absolute Gasteiger partial charge is 0.315 e. The summed E-state index contributed by atoms with van der Waals surface area (Å²) in [5.74, 6) is 1.37. The molecule has 1 aromatic carbocycles. The standard InChI is InChI=1S/C19H25N3O3/c1-13-11-17(15(3)25-13)14(2)22-19(24)21-12-18(23)20-10-9-16-7-5-4-6-8-16/h4-8,11,14H,9-10,12H2,1-3H3,(H,20,23)(H2,21,22,24)/t14-/m0/s1. The maximum absolute atomic E-state index is 11.9. The lowest BCUT2D eigenvalue weighted by Crippen LogP contribution is -2.43. The molecule has 0 saturated carbocycles. The molecular weight excluding hydrogens is 318 g/mol. The van der Waals surface area contributed by atoms with Gasteiger partial charge in [-0.25, -0.2) is 4.79 Å². The molecule has 0 aliphatic heterocycles. The summed E-state index contributed by atoms with van der Waals surface area (Å²) < 4.78 is 5.46. The third kappa shape index (κ3) is 5.99. The summed E-state index contributed by atoms with van der Waals surface area (Å²) in [5.41, 5.74) is 2.09. The van der Waals surface area contributed by atoms with E-state index in [2.05, 4.69) is 16.0 Å². The van der Waals surface area contributed by atoms with Gasteiger partial charge in [0, 0.05) is 12.1 Å². The van der Waals surface area contributed by atoms with Gasteiger partial charge in [0.15, 0.2) is 0 Å². The van der Waals surface area contributed by atoms with Crippen LogP contribution in [-0.4, -0.2) is 25.0 Å². The molecule has 0 fully saturated rings. The second-order valence-electron chi connectivity index (χ2n) is 6.00. The normalized spacial score (nSPS) is 11.6. The number of nitrogens with one attached hydrogen (secondary N) is 3. The summed E-state index contributed by atoms with van der Waals surface area (Å²) in [4.78, 5) is 23.7. The Labute approximate surface area is 148 Å². The zero-order valence-corrected chi connectivity index (χ0v) is 14.9.